The standard InChI is InChI=1S/C18H15F2NO6/c1-25-17(23)10-5-11(18(24)26-2)7-12(6-10)21-16(22)9-27-13-3-4-14(19)15(20)8-13/h3-8H,9H2,1-2H3,(H,21,22). The van der Waals surface area contributed by atoms with Crippen LogP contribution < -0.4 is 10.1 Å². The third kappa shape index (κ3) is 5.24. The number of nitrogens with one attached hydrogen (secondary N) is 1. The molecule has 0 fully saturated rings. The molecule has 0 spiro atoms. The molecular weight excluding hydrogens is 364 g/mol. The smallest absolute Gasteiger partial charge is 0.337 e. The maximum Gasteiger partial charge on any atom is 0.337 e. The fraction of sp³-hybridized carbons (Fsp3) is 0.167. The fourth-order valence-corrected chi connectivity index (χ4v) is 2.08. The highest BCUT2D eigenvalue weighted by Gasteiger charge is 2.15. The van der Waals surface area contributed by atoms with Crippen LogP contribution in [-0.2, 0) is 14.3 Å². The van der Waals surface area contributed by atoms with Gasteiger partial charge < -0.3 is 19.5 Å². The zero-order valence-corrected chi connectivity index (χ0v) is 14.4. The van der Waals surface area contributed by atoms with Crippen molar-refractivity contribution in [2.24, 2.45) is 0 Å². The minimum atomic E-state index is -1.11. The summed E-state index contributed by atoms with van der Waals surface area (Å²) < 4.78 is 40.2. The van der Waals surface area contributed by atoms with Crippen LogP contribution in [0.15, 0.2) is 36.4 Å². The van der Waals surface area contributed by atoms with Crippen LogP contribution in [0.5, 0.6) is 5.75 Å². The molecule has 27 heavy (non-hydrogen) atoms. The minimum Gasteiger partial charge on any atom is -0.484 e. The van der Waals surface area contributed by atoms with Gasteiger partial charge in [-0.3, -0.25) is 4.79 Å². The molecule has 0 aliphatic carbocycles. The van der Waals surface area contributed by atoms with E-state index >= 15 is 0 Å². The summed E-state index contributed by atoms with van der Waals surface area (Å²) in [6, 6.07) is 6.69. The number of hydrogen-bond donors (Lipinski definition) is 1. The predicted molar refractivity (Wildman–Crippen MR) is 89.6 cm³/mol. The van der Waals surface area contributed by atoms with Crippen LogP contribution in [0.1, 0.15) is 20.7 Å². The Balaban J connectivity index is 2.12. The van der Waals surface area contributed by atoms with Crippen molar-refractivity contribution >= 4 is 23.5 Å². The largest absolute Gasteiger partial charge is 0.484 e. The second-order valence-corrected chi connectivity index (χ2v) is 5.19. The second kappa shape index (κ2) is 8.75. The Labute approximate surface area is 152 Å². The van der Waals surface area contributed by atoms with Crippen LogP contribution in [0.25, 0.3) is 0 Å². The zero-order valence-electron chi connectivity index (χ0n) is 14.4. The van der Waals surface area contributed by atoms with Crippen molar-refractivity contribution in [2.75, 3.05) is 26.1 Å². The van der Waals surface area contributed by atoms with Crippen LogP contribution in [0.4, 0.5) is 14.5 Å². The van der Waals surface area contributed by atoms with Crippen molar-refractivity contribution < 1.29 is 37.4 Å². The topological polar surface area (TPSA) is 90.9 Å². The van der Waals surface area contributed by atoms with Gasteiger partial charge >= 0.3 is 11.9 Å². The van der Waals surface area contributed by atoms with Crippen molar-refractivity contribution in [3.8, 4) is 5.75 Å². The molecule has 1 amide bonds. The monoisotopic (exact) mass is 379 g/mol. The summed E-state index contributed by atoms with van der Waals surface area (Å²) in [7, 11) is 2.34. The molecule has 7 nitrogen and oxygen atoms in total. The van der Waals surface area contributed by atoms with E-state index in [1.54, 1.807) is 0 Å². The molecule has 2 aromatic carbocycles. The lowest BCUT2D eigenvalue weighted by Crippen LogP contribution is -2.21. The van der Waals surface area contributed by atoms with Crippen molar-refractivity contribution in [2.45, 2.75) is 0 Å². The molecule has 0 heterocycles. The summed E-state index contributed by atoms with van der Waals surface area (Å²) in [4.78, 5) is 35.4. The molecule has 0 bridgehead atoms. The highest BCUT2D eigenvalue weighted by atomic mass is 19.2. The lowest BCUT2D eigenvalue weighted by atomic mass is 10.1. The number of ether oxygens (including phenoxy) is 3. The van der Waals surface area contributed by atoms with Gasteiger partial charge in [0.1, 0.15) is 5.75 Å². The third-order valence-corrected chi connectivity index (χ3v) is 3.32. The number of hydrogen-bond acceptors (Lipinski definition) is 6. The number of anilines is 1. The van der Waals surface area contributed by atoms with Gasteiger partial charge in [-0.15, -0.1) is 0 Å². The van der Waals surface area contributed by atoms with Crippen molar-refractivity contribution in [3.63, 3.8) is 0 Å². The Morgan fingerprint density at radius 3 is 2.00 bits per heavy atom. The molecule has 0 saturated heterocycles. The predicted octanol–water partition coefficient (Wildman–Crippen LogP) is 2.56. The van der Waals surface area contributed by atoms with Crippen molar-refractivity contribution in [1.29, 1.82) is 0 Å². The summed E-state index contributed by atoms with van der Waals surface area (Å²) in [5.74, 6) is -4.27. The van der Waals surface area contributed by atoms with Crippen LogP contribution >= 0.6 is 0 Å². The van der Waals surface area contributed by atoms with Crippen molar-refractivity contribution in [3.05, 3.63) is 59.2 Å². The molecule has 142 valence electrons. The first kappa shape index (κ1) is 19.8. The van der Waals surface area contributed by atoms with E-state index < -0.39 is 36.1 Å². The van der Waals surface area contributed by atoms with E-state index in [1.807, 2.05) is 0 Å². The molecule has 0 unspecified atom stereocenters. The number of amides is 1. The maximum absolute atomic E-state index is 13.1. The Morgan fingerprint density at radius 1 is 0.889 bits per heavy atom. The van der Waals surface area contributed by atoms with Gasteiger partial charge in [0.05, 0.1) is 25.3 Å². The van der Waals surface area contributed by atoms with Gasteiger partial charge in [-0.05, 0) is 30.3 Å². The van der Waals surface area contributed by atoms with E-state index in [2.05, 4.69) is 14.8 Å². The van der Waals surface area contributed by atoms with E-state index in [-0.39, 0.29) is 22.6 Å². The number of carbonyl (C=O) groups excluding carboxylic acids is 3. The highest BCUT2D eigenvalue weighted by molar-refractivity contribution is 5.99. The van der Waals surface area contributed by atoms with Gasteiger partial charge in [-0.1, -0.05) is 0 Å². The van der Waals surface area contributed by atoms with Gasteiger partial charge in [0.2, 0.25) is 0 Å². The van der Waals surface area contributed by atoms with E-state index in [0.29, 0.717) is 0 Å². The summed E-state index contributed by atoms with van der Waals surface area (Å²) in [5, 5.41) is 2.43. The first-order valence-corrected chi connectivity index (χ1v) is 7.53. The third-order valence-electron chi connectivity index (χ3n) is 3.32. The molecule has 0 atom stereocenters. The lowest BCUT2D eigenvalue weighted by Gasteiger charge is -2.10. The quantitative estimate of drug-likeness (QED) is 0.776. The van der Waals surface area contributed by atoms with Crippen LogP contribution in [-0.4, -0.2) is 38.7 Å². The second-order valence-electron chi connectivity index (χ2n) is 5.19. The van der Waals surface area contributed by atoms with Crippen LogP contribution in [0.3, 0.4) is 0 Å². The molecule has 0 radical (unpaired) electrons. The minimum absolute atomic E-state index is 0.0252. The van der Waals surface area contributed by atoms with E-state index in [0.717, 1.165) is 12.1 Å². The van der Waals surface area contributed by atoms with Gasteiger partial charge in [0.15, 0.2) is 18.2 Å². The first-order valence-electron chi connectivity index (χ1n) is 7.53. The molecular formula is C18H15F2NO6. The number of benzene rings is 2. The average Bonchev–Trinajstić information content (AvgIpc) is 2.67. The SMILES string of the molecule is COC(=O)c1cc(NC(=O)COc2ccc(F)c(F)c2)cc(C(=O)OC)c1. The average molecular weight is 379 g/mol. The van der Waals surface area contributed by atoms with Crippen LogP contribution in [0.2, 0.25) is 0 Å². The van der Waals surface area contributed by atoms with Gasteiger partial charge in [-0.25, -0.2) is 18.4 Å². The Kier molecular flexibility index (Phi) is 6.42. The molecule has 9 heteroatoms. The van der Waals surface area contributed by atoms with E-state index in [1.165, 1.54) is 38.5 Å². The number of halogens is 2. The summed E-state index contributed by atoms with van der Waals surface area (Å²) in [6.07, 6.45) is 0. The molecule has 0 aromatic heterocycles. The van der Waals surface area contributed by atoms with Gasteiger partial charge in [0.25, 0.3) is 5.91 Å². The molecule has 2 aromatic rings. The Morgan fingerprint density at radius 2 is 1.48 bits per heavy atom. The number of methoxy groups -OCH3 is 2. The van der Waals surface area contributed by atoms with Gasteiger partial charge in [0, 0.05) is 11.8 Å². The van der Waals surface area contributed by atoms with E-state index in [9.17, 15) is 23.2 Å². The molecule has 0 aliphatic rings. The number of rotatable bonds is 6. The Hall–Kier alpha value is -3.49. The van der Waals surface area contributed by atoms with E-state index in [4.69, 9.17) is 4.74 Å². The fourth-order valence-electron chi connectivity index (χ4n) is 2.08. The highest BCUT2D eigenvalue weighted by Crippen LogP contribution is 2.18. The molecule has 1 N–H and O–H groups in total. The Bertz CT molecular complexity index is 850. The first-order chi connectivity index (χ1) is 12.8. The van der Waals surface area contributed by atoms with Crippen molar-refractivity contribution in [1.82, 2.24) is 0 Å². The zero-order chi connectivity index (χ0) is 20.0. The number of esters is 2. The normalized spacial score (nSPS) is 10.1. The summed E-state index contributed by atoms with van der Waals surface area (Å²) >= 11 is 0. The van der Waals surface area contributed by atoms with Crippen LogP contribution in [0, 0.1) is 11.6 Å². The molecule has 0 saturated carbocycles. The molecule has 0 aliphatic heterocycles. The summed E-state index contributed by atoms with van der Waals surface area (Å²) in [6.45, 7) is -0.513. The maximum atomic E-state index is 13.1. The molecule has 2 rings (SSSR count). The lowest BCUT2D eigenvalue weighted by molar-refractivity contribution is -0.118. The number of carbonyl (C=O) groups is 3. The van der Waals surface area contributed by atoms with Gasteiger partial charge in [-0.2, -0.15) is 0 Å². The summed E-state index contributed by atoms with van der Waals surface area (Å²) in [5.41, 5.74) is 0.173.